The van der Waals surface area contributed by atoms with Crippen LogP contribution in [-0.4, -0.2) is 77.0 Å². The average Bonchev–Trinajstić information content (AvgIpc) is 3.19. The predicted octanol–water partition coefficient (Wildman–Crippen LogP) is 2.16. The van der Waals surface area contributed by atoms with Crippen molar-refractivity contribution in [2.75, 3.05) is 46.3 Å². The number of benzene rings is 1. The summed E-state index contributed by atoms with van der Waals surface area (Å²) >= 11 is 0. The van der Waals surface area contributed by atoms with Gasteiger partial charge in [0.1, 0.15) is 5.82 Å². The Morgan fingerprint density at radius 2 is 1.88 bits per heavy atom. The maximum atomic E-state index is 4.71. The zero-order valence-electron chi connectivity index (χ0n) is 14.7. The fourth-order valence-electron chi connectivity index (χ4n) is 4.14. The summed E-state index contributed by atoms with van der Waals surface area (Å²) in [4.78, 5) is 15.9. The second kappa shape index (κ2) is 7.21. The van der Waals surface area contributed by atoms with Crippen molar-refractivity contribution in [1.29, 1.82) is 0 Å². The Morgan fingerprint density at radius 1 is 1.08 bits per heavy atom. The van der Waals surface area contributed by atoms with E-state index < -0.39 is 0 Å². The van der Waals surface area contributed by atoms with Gasteiger partial charge in [0.25, 0.3) is 0 Å². The third-order valence-electron chi connectivity index (χ3n) is 5.73. The van der Waals surface area contributed by atoms with E-state index in [2.05, 4.69) is 44.9 Å². The van der Waals surface area contributed by atoms with Gasteiger partial charge in [-0.15, -0.1) is 0 Å². The van der Waals surface area contributed by atoms with E-state index in [1.165, 1.54) is 45.4 Å². The minimum Gasteiger partial charge on any atom is -0.341 e. The lowest BCUT2D eigenvalue weighted by Crippen LogP contribution is -2.47. The number of hydrogen-bond donors (Lipinski definition) is 1. The predicted molar refractivity (Wildman–Crippen MR) is 98.1 cm³/mol. The molecule has 2 aliphatic heterocycles. The number of para-hydroxylation sites is 2. The fourth-order valence-corrected chi connectivity index (χ4v) is 4.14. The average molecular weight is 327 g/mol. The first-order chi connectivity index (χ1) is 11.8. The Bertz CT molecular complexity index is 626. The number of nitrogens with zero attached hydrogens (tertiary/aromatic N) is 4. The summed E-state index contributed by atoms with van der Waals surface area (Å²) < 4.78 is 0. The van der Waals surface area contributed by atoms with E-state index in [9.17, 15) is 0 Å². The molecule has 5 heteroatoms. The highest BCUT2D eigenvalue weighted by Gasteiger charge is 2.23. The van der Waals surface area contributed by atoms with Crippen molar-refractivity contribution < 1.29 is 0 Å². The number of likely N-dealkylation sites (tertiary alicyclic amines) is 1. The molecule has 0 radical (unpaired) electrons. The molecule has 2 aliphatic rings. The molecule has 2 saturated heterocycles. The first kappa shape index (κ1) is 16.1. The van der Waals surface area contributed by atoms with Crippen LogP contribution in [0.4, 0.5) is 0 Å². The van der Waals surface area contributed by atoms with E-state index in [-0.39, 0.29) is 0 Å². The lowest BCUT2D eigenvalue weighted by Gasteiger charge is -2.35. The summed E-state index contributed by atoms with van der Waals surface area (Å²) in [5, 5.41) is 0. The van der Waals surface area contributed by atoms with Gasteiger partial charge < -0.3 is 14.8 Å². The smallest absolute Gasteiger partial charge is 0.121 e. The first-order valence-corrected chi connectivity index (χ1v) is 9.36. The maximum absolute atomic E-state index is 4.71. The van der Waals surface area contributed by atoms with Crippen molar-refractivity contribution in [3.8, 4) is 0 Å². The van der Waals surface area contributed by atoms with Crippen molar-refractivity contribution in [3.63, 3.8) is 0 Å². The van der Waals surface area contributed by atoms with Gasteiger partial charge in [0.2, 0.25) is 0 Å². The number of H-pyrrole nitrogens is 1. The van der Waals surface area contributed by atoms with Crippen molar-refractivity contribution in [1.82, 2.24) is 24.7 Å². The summed E-state index contributed by atoms with van der Waals surface area (Å²) in [6.07, 6.45) is 4.11. The molecule has 1 N–H and O–H groups in total. The highest BCUT2D eigenvalue weighted by atomic mass is 15.3. The molecule has 1 atom stereocenters. The van der Waals surface area contributed by atoms with Crippen LogP contribution in [0.3, 0.4) is 0 Å². The normalized spacial score (nSPS) is 24.1. The molecule has 24 heavy (non-hydrogen) atoms. The number of aromatic amines is 1. The minimum absolute atomic E-state index is 0.818. The standard InChI is InChI=1S/C19H29N5/c1-22-9-4-5-16(22)8-10-23-11-13-24(14-12-23)15-19-20-17-6-2-3-7-18(17)21-19/h2-3,6-7,16H,4-5,8-15H2,1H3,(H,20,21)/t16-/m0/s1. The molecule has 1 aromatic carbocycles. The number of imidazole rings is 1. The van der Waals surface area contributed by atoms with Crippen LogP contribution in [-0.2, 0) is 6.54 Å². The van der Waals surface area contributed by atoms with Crippen LogP contribution in [0.1, 0.15) is 25.1 Å². The second-order valence-corrected chi connectivity index (χ2v) is 7.38. The van der Waals surface area contributed by atoms with Gasteiger partial charge in [-0.05, 0) is 51.5 Å². The number of aromatic nitrogens is 2. The van der Waals surface area contributed by atoms with E-state index in [1.807, 2.05) is 6.07 Å². The Balaban J connectivity index is 1.24. The van der Waals surface area contributed by atoms with E-state index >= 15 is 0 Å². The lowest BCUT2D eigenvalue weighted by atomic mass is 10.1. The van der Waals surface area contributed by atoms with E-state index in [0.717, 1.165) is 42.5 Å². The third kappa shape index (κ3) is 3.63. The zero-order chi connectivity index (χ0) is 16.4. The highest BCUT2D eigenvalue weighted by molar-refractivity contribution is 5.74. The molecule has 0 unspecified atom stereocenters. The monoisotopic (exact) mass is 327 g/mol. The molecule has 2 fully saturated rings. The van der Waals surface area contributed by atoms with Gasteiger partial charge in [-0.3, -0.25) is 4.90 Å². The number of hydrogen-bond acceptors (Lipinski definition) is 4. The number of rotatable bonds is 5. The molecule has 5 nitrogen and oxygen atoms in total. The van der Waals surface area contributed by atoms with Crippen LogP contribution >= 0.6 is 0 Å². The summed E-state index contributed by atoms with van der Waals surface area (Å²) in [5.41, 5.74) is 2.22. The molecule has 0 saturated carbocycles. The molecule has 0 bridgehead atoms. The Hall–Kier alpha value is -1.43. The number of piperazine rings is 1. The molecule has 4 rings (SSSR count). The third-order valence-corrected chi connectivity index (χ3v) is 5.73. The van der Waals surface area contributed by atoms with E-state index in [4.69, 9.17) is 4.98 Å². The van der Waals surface area contributed by atoms with E-state index in [1.54, 1.807) is 0 Å². The highest BCUT2D eigenvalue weighted by Crippen LogP contribution is 2.19. The van der Waals surface area contributed by atoms with Gasteiger partial charge in [-0.1, -0.05) is 12.1 Å². The summed E-state index contributed by atoms with van der Waals surface area (Å²) in [5.74, 6) is 1.09. The van der Waals surface area contributed by atoms with Gasteiger partial charge in [0.05, 0.1) is 17.6 Å². The van der Waals surface area contributed by atoms with Crippen LogP contribution in [0.25, 0.3) is 11.0 Å². The van der Waals surface area contributed by atoms with Crippen LogP contribution in [0.5, 0.6) is 0 Å². The molecule has 3 heterocycles. The fraction of sp³-hybridized carbons (Fsp3) is 0.632. The van der Waals surface area contributed by atoms with Crippen LogP contribution in [0, 0.1) is 0 Å². The largest absolute Gasteiger partial charge is 0.341 e. The summed E-state index contributed by atoms with van der Waals surface area (Å²) in [6.45, 7) is 8.17. The van der Waals surface area contributed by atoms with Crippen LogP contribution in [0.2, 0.25) is 0 Å². The topological polar surface area (TPSA) is 38.4 Å². The Labute approximate surface area is 144 Å². The maximum Gasteiger partial charge on any atom is 0.121 e. The molecule has 1 aromatic heterocycles. The van der Waals surface area contributed by atoms with Gasteiger partial charge in [0, 0.05) is 32.2 Å². The summed E-state index contributed by atoms with van der Waals surface area (Å²) in [6, 6.07) is 9.11. The quantitative estimate of drug-likeness (QED) is 0.913. The van der Waals surface area contributed by atoms with Gasteiger partial charge in [-0.2, -0.15) is 0 Å². The first-order valence-electron chi connectivity index (χ1n) is 9.36. The molecule has 130 valence electrons. The molecule has 0 aliphatic carbocycles. The molecular formula is C19H29N5. The molecular weight excluding hydrogens is 298 g/mol. The zero-order valence-corrected chi connectivity index (χ0v) is 14.7. The van der Waals surface area contributed by atoms with Gasteiger partial charge in [0.15, 0.2) is 0 Å². The van der Waals surface area contributed by atoms with Crippen LogP contribution < -0.4 is 0 Å². The van der Waals surface area contributed by atoms with Crippen molar-refractivity contribution in [2.45, 2.75) is 31.8 Å². The SMILES string of the molecule is CN1CCC[C@H]1CCN1CCN(Cc2nc3ccccc3[nH]2)CC1. The van der Waals surface area contributed by atoms with Crippen molar-refractivity contribution in [3.05, 3.63) is 30.1 Å². The Morgan fingerprint density at radius 3 is 2.62 bits per heavy atom. The number of fused-ring (bicyclic) bond motifs is 1. The van der Waals surface area contributed by atoms with Gasteiger partial charge in [-0.25, -0.2) is 4.98 Å². The van der Waals surface area contributed by atoms with Gasteiger partial charge >= 0.3 is 0 Å². The van der Waals surface area contributed by atoms with E-state index in [0.29, 0.717) is 0 Å². The second-order valence-electron chi connectivity index (χ2n) is 7.38. The minimum atomic E-state index is 0.818. The molecule has 0 amide bonds. The molecule has 0 spiro atoms. The lowest BCUT2D eigenvalue weighted by molar-refractivity contribution is 0.117. The van der Waals surface area contributed by atoms with Crippen LogP contribution in [0.15, 0.2) is 24.3 Å². The summed E-state index contributed by atoms with van der Waals surface area (Å²) in [7, 11) is 2.28. The van der Waals surface area contributed by atoms with Crippen molar-refractivity contribution >= 4 is 11.0 Å². The Kier molecular flexibility index (Phi) is 4.83. The molecule has 2 aromatic rings. The number of nitrogens with one attached hydrogen (secondary N) is 1. The van der Waals surface area contributed by atoms with Crippen molar-refractivity contribution in [2.24, 2.45) is 0 Å².